The third-order valence-electron chi connectivity index (χ3n) is 3.95. The van der Waals surface area contributed by atoms with Crippen LogP contribution in [0.3, 0.4) is 0 Å². The quantitative estimate of drug-likeness (QED) is 0.413. The van der Waals surface area contributed by atoms with Crippen LogP contribution in [0, 0.1) is 20.8 Å². The number of fused-ring (bicyclic) bond motifs is 3. The largest absolute Gasteiger partial charge is 0.205 e. The molecule has 1 heterocycles. The molecule has 0 atom stereocenters. The summed E-state index contributed by atoms with van der Waals surface area (Å²) < 4.78 is 2.18. The van der Waals surface area contributed by atoms with E-state index in [9.17, 15) is 0 Å². The molecule has 0 saturated heterocycles. The topological polar surface area (TPSA) is 3.88 Å². The van der Waals surface area contributed by atoms with E-state index in [0.717, 1.165) is 0 Å². The first kappa shape index (κ1) is 11.2. The van der Waals surface area contributed by atoms with Gasteiger partial charge in [-0.15, -0.1) is 0 Å². The molecule has 1 heteroatoms. The Hall–Kier alpha value is -1.89. The summed E-state index contributed by atoms with van der Waals surface area (Å²) in [4.78, 5) is 0. The van der Waals surface area contributed by atoms with E-state index in [4.69, 9.17) is 0 Å². The van der Waals surface area contributed by atoms with Crippen LogP contribution in [-0.2, 0) is 7.05 Å². The van der Waals surface area contributed by atoms with Crippen molar-refractivity contribution in [2.24, 2.45) is 7.05 Å². The summed E-state index contributed by atoms with van der Waals surface area (Å²) in [5.41, 5.74) is 4.01. The van der Waals surface area contributed by atoms with Crippen LogP contribution in [0.1, 0.15) is 16.8 Å². The van der Waals surface area contributed by atoms with Gasteiger partial charge in [0.05, 0.1) is 0 Å². The zero-order valence-corrected chi connectivity index (χ0v) is 11.4. The summed E-state index contributed by atoms with van der Waals surface area (Å²) in [7, 11) is 2.10. The van der Waals surface area contributed by atoms with Gasteiger partial charge in [-0.25, -0.2) is 4.57 Å². The highest BCUT2D eigenvalue weighted by atomic mass is 14.9. The zero-order valence-electron chi connectivity index (χ0n) is 11.4. The standard InChI is InChI=1S/C17H18N/c1-11-7-14-5-6-15-10-18(4)13(3)9-17(15)16(14)8-12(11)2/h5-10H,1-4H3/q+1. The molecule has 1 aromatic heterocycles. The van der Waals surface area contributed by atoms with Crippen molar-refractivity contribution in [3.63, 3.8) is 0 Å². The Morgan fingerprint density at radius 1 is 0.778 bits per heavy atom. The van der Waals surface area contributed by atoms with Crippen molar-refractivity contribution in [1.29, 1.82) is 0 Å². The van der Waals surface area contributed by atoms with Crippen LogP contribution < -0.4 is 4.57 Å². The van der Waals surface area contributed by atoms with Crippen LogP contribution in [0.4, 0.5) is 0 Å². The monoisotopic (exact) mass is 236 g/mol. The molecule has 0 aliphatic carbocycles. The molecule has 0 radical (unpaired) electrons. The molecule has 18 heavy (non-hydrogen) atoms. The smallest absolute Gasteiger partial charge is 0.178 e. The predicted molar refractivity (Wildman–Crippen MR) is 76.8 cm³/mol. The minimum Gasteiger partial charge on any atom is -0.205 e. The molecule has 0 fully saturated rings. The van der Waals surface area contributed by atoms with E-state index < -0.39 is 0 Å². The van der Waals surface area contributed by atoms with E-state index in [1.807, 2.05) is 0 Å². The molecule has 3 aromatic rings. The first-order chi connectivity index (χ1) is 8.56. The van der Waals surface area contributed by atoms with E-state index >= 15 is 0 Å². The molecule has 0 aliphatic heterocycles. The van der Waals surface area contributed by atoms with Crippen molar-refractivity contribution in [2.75, 3.05) is 0 Å². The van der Waals surface area contributed by atoms with E-state index in [-0.39, 0.29) is 0 Å². The van der Waals surface area contributed by atoms with Gasteiger partial charge in [0.15, 0.2) is 11.9 Å². The first-order valence-electron chi connectivity index (χ1n) is 6.36. The molecule has 0 amide bonds. The summed E-state index contributed by atoms with van der Waals surface area (Å²) in [6.45, 7) is 6.51. The molecule has 1 nitrogen and oxygen atoms in total. The number of pyridine rings is 1. The van der Waals surface area contributed by atoms with Crippen LogP contribution in [0.5, 0.6) is 0 Å². The number of hydrogen-bond acceptors (Lipinski definition) is 0. The molecular weight excluding hydrogens is 218 g/mol. The molecule has 90 valence electrons. The van der Waals surface area contributed by atoms with Gasteiger partial charge in [0.1, 0.15) is 7.05 Å². The third-order valence-corrected chi connectivity index (χ3v) is 3.95. The summed E-state index contributed by atoms with van der Waals surface area (Å²) in [5, 5.41) is 5.35. The normalized spacial score (nSPS) is 11.3. The van der Waals surface area contributed by atoms with E-state index in [1.54, 1.807) is 0 Å². The van der Waals surface area contributed by atoms with Crippen LogP contribution >= 0.6 is 0 Å². The van der Waals surface area contributed by atoms with Crippen LogP contribution in [0.2, 0.25) is 0 Å². The Bertz CT molecular complexity index is 703. The van der Waals surface area contributed by atoms with Gasteiger partial charge in [0, 0.05) is 23.8 Å². The molecule has 0 bridgehead atoms. The van der Waals surface area contributed by atoms with Crippen LogP contribution in [0.15, 0.2) is 36.5 Å². The SMILES string of the molecule is Cc1cc2ccc3c[n+](C)c(C)cc3c2cc1C. The van der Waals surface area contributed by atoms with E-state index in [1.165, 1.54) is 38.4 Å². The van der Waals surface area contributed by atoms with Gasteiger partial charge in [-0.2, -0.15) is 0 Å². The number of rotatable bonds is 0. The molecule has 0 N–H and O–H groups in total. The maximum Gasteiger partial charge on any atom is 0.178 e. The Morgan fingerprint density at radius 2 is 1.39 bits per heavy atom. The molecule has 0 aliphatic rings. The fourth-order valence-corrected chi connectivity index (χ4v) is 2.53. The Morgan fingerprint density at radius 3 is 2.17 bits per heavy atom. The number of aromatic nitrogens is 1. The van der Waals surface area contributed by atoms with Crippen molar-refractivity contribution < 1.29 is 4.57 Å². The number of hydrogen-bond donors (Lipinski definition) is 0. The maximum atomic E-state index is 2.31. The van der Waals surface area contributed by atoms with Crippen molar-refractivity contribution in [3.8, 4) is 0 Å². The summed E-state index contributed by atoms with van der Waals surface area (Å²) in [5.74, 6) is 0. The van der Waals surface area contributed by atoms with E-state index in [2.05, 4.69) is 68.9 Å². The fraction of sp³-hybridized carbons (Fsp3) is 0.235. The lowest BCUT2D eigenvalue weighted by atomic mass is 9.98. The molecule has 0 spiro atoms. The molecular formula is C17H18N+. The molecule has 3 rings (SSSR count). The number of aryl methyl sites for hydroxylation is 4. The van der Waals surface area contributed by atoms with Crippen molar-refractivity contribution in [2.45, 2.75) is 20.8 Å². The molecule has 2 aromatic carbocycles. The highest BCUT2D eigenvalue weighted by Gasteiger charge is 2.08. The second-order valence-electron chi connectivity index (χ2n) is 5.25. The molecule has 0 saturated carbocycles. The number of benzene rings is 2. The van der Waals surface area contributed by atoms with Crippen molar-refractivity contribution in [1.82, 2.24) is 0 Å². The van der Waals surface area contributed by atoms with Crippen LogP contribution in [-0.4, -0.2) is 0 Å². The van der Waals surface area contributed by atoms with Gasteiger partial charge in [-0.1, -0.05) is 18.2 Å². The predicted octanol–water partition coefficient (Wildman–Crippen LogP) is 3.74. The summed E-state index contributed by atoms with van der Waals surface area (Å²) >= 11 is 0. The Balaban J connectivity index is 2.52. The zero-order chi connectivity index (χ0) is 12.9. The lowest BCUT2D eigenvalue weighted by molar-refractivity contribution is -0.676. The fourth-order valence-electron chi connectivity index (χ4n) is 2.53. The van der Waals surface area contributed by atoms with E-state index in [0.29, 0.717) is 0 Å². The maximum absolute atomic E-state index is 2.31. The van der Waals surface area contributed by atoms with Gasteiger partial charge >= 0.3 is 0 Å². The van der Waals surface area contributed by atoms with Gasteiger partial charge in [-0.3, -0.25) is 0 Å². The highest BCUT2D eigenvalue weighted by Crippen LogP contribution is 2.27. The third kappa shape index (κ3) is 1.59. The van der Waals surface area contributed by atoms with Crippen molar-refractivity contribution >= 4 is 21.5 Å². The minimum absolute atomic E-state index is 1.29. The highest BCUT2D eigenvalue weighted by molar-refractivity contribution is 6.07. The Labute approximate surface area is 108 Å². The Kier molecular flexibility index (Phi) is 2.37. The second-order valence-corrected chi connectivity index (χ2v) is 5.25. The lowest BCUT2D eigenvalue weighted by Crippen LogP contribution is -2.30. The second kappa shape index (κ2) is 3.81. The first-order valence-corrected chi connectivity index (χ1v) is 6.36. The van der Waals surface area contributed by atoms with Gasteiger partial charge in [-0.05, 0) is 41.8 Å². The summed E-state index contributed by atoms with van der Waals surface area (Å²) in [6, 6.07) is 11.3. The van der Waals surface area contributed by atoms with Gasteiger partial charge in [0.2, 0.25) is 0 Å². The van der Waals surface area contributed by atoms with Gasteiger partial charge in [0.25, 0.3) is 0 Å². The molecule has 0 unspecified atom stereocenters. The minimum atomic E-state index is 1.29. The average Bonchev–Trinajstić information content (AvgIpc) is 2.33. The van der Waals surface area contributed by atoms with Crippen LogP contribution in [0.25, 0.3) is 21.5 Å². The van der Waals surface area contributed by atoms with Gasteiger partial charge < -0.3 is 0 Å². The number of nitrogens with zero attached hydrogens (tertiary/aromatic N) is 1. The van der Waals surface area contributed by atoms with Crippen molar-refractivity contribution in [3.05, 3.63) is 53.3 Å². The lowest BCUT2D eigenvalue weighted by Gasteiger charge is -2.07. The average molecular weight is 236 g/mol. The summed E-state index contributed by atoms with van der Waals surface area (Å²) in [6.07, 6.45) is 2.21.